The molecule has 3 amide bonds. The van der Waals surface area contributed by atoms with E-state index in [0.717, 1.165) is 11.3 Å². The number of hydrogen-bond donors (Lipinski definition) is 3. The van der Waals surface area contributed by atoms with E-state index in [1.165, 1.54) is 6.92 Å². The molecule has 0 aliphatic carbocycles. The van der Waals surface area contributed by atoms with Gasteiger partial charge in [-0.25, -0.2) is 0 Å². The van der Waals surface area contributed by atoms with E-state index in [2.05, 4.69) is 16.0 Å². The summed E-state index contributed by atoms with van der Waals surface area (Å²) in [7, 11) is 0. The molecule has 0 aromatic heterocycles. The first-order chi connectivity index (χ1) is 10.3. The number of amides is 3. The summed E-state index contributed by atoms with van der Waals surface area (Å²) < 4.78 is 0. The molecule has 6 nitrogen and oxygen atoms in total. The summed E-state index contributed by atoms with van der Waals surface area (Å²) >= 11 is 0. The molecule has 0 unspecified atom stereocenters. The zero-order valence-electron chi connectivity index (χ0n) is 13.4. The van der Waals surface area contributed by atoms with Crippen LogP contribution in [0.5, 0.6) is 0 Å². The Morgan fingerprint density at radius 1 is 1.00 bits per heavy atom. The van der Waals surface area contributed by atoms with Gasteiger partial charge in [-0.1, -0.05) is 26.0 Å². The van der Waals surface area contributed by atoms with Crippen molar-refractivity contribution in [3.8, 4) is 0 Å². The van der Waals surface area contributed by atoms with E-state index in [0.29, 0.717) is 6.54 Å². The van der Waals surface area contributed by atoms with Gasteiger partial charge in [-0.15, -0.1) is 0 Å². The monoisotopic (exact) mass is 305 g/mol. The van der Waals surface area contributed by atoms with Gasteiger partial charge in [0.15, 0.2) is 0 Å². The molecule has 6 heteroatoms. The first-order valence-electron chi connectivity index (χ1n) is 7.24. The lowest BCUT2D eigenvalue weighted by atomic mass is 10.1. The molecule has 1 aromatic rings. The van der Waals surface area contributed by atoms with Crippen molar-refractivity contribution >= 4 is 23.4 Å². The van der Waals surface area contributed by atoms with Crippen molar-refractivity contribution in [2.45, 2.75) is 40.3 Å². The van der Waals surface area contributed by atoms with Crippen LogP contribution in [0.4, 0.5) is 5.69 Å². The van der Waals surface area contributed by atoms with Gasteiger partial charge in [0, 0.05) is 25.1 Å². The van der Waals surface area contributed by atoms with Crippen LogP contribution in [-0.2, 0) is 20.9 Å². The van der Waals surface area contributed by atoms with Gasteiger partial charge < -0.3 is 16.0 Å². The number of anilines is 1. The van der Waals surface area contributed by atoms with Crippen LogP contribution < -0.4 is 16.0 Å². The number of hydrogen-bond acceptors (Lipinski definition) is 3. The van der Waals surface area contributed by atoms with Gasteiger partial charge >= 0.3 is 0 Å². The van der Waals surface area contributed by atoms with E-state index >= 15 is 0 Å². The average molecular weight is 305 g/mol. The SMILES string of the molecule is CC(=O)N[C@@H](C)C(=O)NCc1ccc(NC(=O)C(C)C)cc1. The summed E-state index contributed by atoms with van der Waals surface area (Å²) in [4.78, 5) is 34.2. The van der Waals surface area contributed by atoms with Gasteiger partial charge in [-0.3, -0.25) is 14.4 Å². The van der Waals surface area contributed by atoms with E-state index in [-0.39, 0.29) is 23.6 Å². The van der Waals surface area contributed by atoms with Crippen molar-refractivity contribution < 1.29 is 14.4 Å². The molecule has 22 heavy (non-hydrogen) atoms. The smallest absolute Gasteiger partial charge is 0.242 e. The van der Waals surface area contributed by atoms with Crippen LogP contribution in [0.2, 0.25) is 0 Å². The molecule has 0 aliphatic heterocycles. The molecule has 0 radical (unpaired) electrons. The van der Waals surface area contributed by atoms with Crippen LogP contribution in [0.15, 0.2) is 24.3 Å². The zero-order chi connectivity index (χ0) is 16.7. The summed E-state index contributed by atoms with van der Waals surface area (Å²) in [6.07, 6.45) is 0. The third kappa shape index (κ3) is 5.95. The van der Waals surface area contributed by atoms with Gasteiger partial charge in [0.2, 0.25) is 17.7 Å². The van der Waals surface area contributed by atoms with Crippen molar-refractivity contribution in [2.75, 3.05) is 5.32 Å². The van der Waals surface area contributed by atoms with E-state index < -0.39 is 6.04 Å². The number of nitrogens with one attached hydrogen (secondary N) is 3. The van der Waals surface area contributed by atoms with Crippen molar-refractivity contribution in [2.24, 2.45) is 5.92 Å². The molecule has 0 fully saturated rings. The van der Waals surface area contributed by atoms with Crippen molar-refractivity contribution in [3.63, 3.8) is 0 Å². The Bertz CT molecular complexity index is 538. The van der Waals surface area contributed by atoms with Crippen molar-refractivity contribution in [1.82, 2.24) is 10.6 Å². The lowest BCUT2D eigenvalue weighted by Gasteiger charge is -2.13. The summed E-state index contributed by atoms with van der Waals surface area (Å²) in [5, 5.41) is 8.06. The van der Waals surface area contributed by atoms with Crippen LogP contribution in [0.1, 0.15) is 33.3 Å². The standard InChI is InChI=1S/C16H23N3O3/c1-10(2)15(21)19-14-7-5-13(6-8-14)9-17-16(22)11(3)18-12(4)20/h5-8,10-11H,9H2,1-4H3,(H,17,22)(H,18,20)(H,19,21)/t11-/m0/s1. The van der Waals surface area contributed by atoms with Gasteiger partial charge in [0.1, 0.15) is 6.04 Å². The summed E-state index contributed by atoms with van der Waals surface area (Å²) in [5.41, 5.74) is 1.63. The molecule has 1 rings (SSSR count). The molecule has 1 aromatic carbocycles. The predicted molar refractivity (Wildman–Crippen MR) is 85.0 cm³/mol. The second kappa shape index (κ2) is 8.17. The summed E-state index contributed by atoms with van der Waals surface area (Å²) in [6, 6.07) is 6.68. The minimum Gasteiger partial charge on any atom is -0.350 e. The maximum absolute atomic E-state index is 11.8. The first kappa shape index (κ1) is 17.7. The Morgan fingerprint density at radius 2 is 1.59 bits per heavy atom. The fraction of sp³-hybridized carbons (Fsp3) is 0.438. The van der Waals surface area contributed by atoms with Crippen LogP contribution in [0, 0.1) is 5.92 Å². The Morgan fingerprint density at radius 3 is 2.09 bits per heavy atom. The largest absolute Gasteiger partial charge is 0.350 e. The lowest BCUT2D eigenvalue weighted by Crippen LogP contribution is -2.43. The van der Waals surface area contributed by atoms with E-state index in [9.17, 15) is 14.4 Å². The van der Waals surface area contributed by atoms with E-state index in [1.54, 1.807) is 19.1 Å². The van der Waals surface area contributed by atoms with Crippen molar-refractivity contribution in [1.29, 1.82) is 0 Å². The average Bonchev–Trinajstić information content (AvgIpc) is 2.45. The highest BCUT2D eigenvalue weighted by atomic mass is 16.2. The molecule has 3 N–H and O–H groups in total. The number of carbonyl (C=O) groups excluding carboxylic acids is 3. The van der Waals surface area contributed by atoms with E-state index in [1.807, 2.05) is 26.0 Å². The fourth-order valence-corrected chi connectivity index (χ4v) is 1.71. The molecular formula is C16H23N3O3. The normalized spacial score (nSPS) is 11.7. The molecule has 0 heterocycles. The first-order valence-corrected chi connectivity index (χ1v) is 7.24. The lowest BCUT2D eigenvalue weighted by molar-refractivity contribution is -0.127. The third-order valence-corrected chi connectivity index (χ3v) is 3.03. The van der Waals surface area contributed by atoms with Crippen LogP contribution in [0.3, 0.4) is 0 Å². The predicted octanol–water partition coefficient (Wildman–Crippen LogP) is 1.42. The van der Waals surface area contributed by atoms with Crippen molar-refractivity contribution in [3.05, 3.63) is 29.8 Å². The Kier molecular flexibility index (Phi) is 6.56. The molecule has 0 bridgehead atoms. The fourth-order valence-electron chi connectivity index (χ4n) is 1.71. The Labute approximate surface area is 130 Å². The maximum Gasteiger partial charge on any atom is 0.242 e. The molecule has 0 saturated carbocycles. The summed E-state index contributed by atoms with van der Waals surface area (Å²) in [5.74, 6) is -0.598. The van der Waals surface area contributed by atoms with Gasteiger partial charge in [-0.2, -0.15) is 0 Å². The van der Waals surface area contributed by atoms with Crippen LogP contribution in [-0.4, -0.2) is 23.8 Å². The number of rotatable bonds is 6. The van der Waals surface area contributed by atoms with E-state index in [4.69, 9.17) is 0 Å². The Hall–Kier alpha value is -2.37. The second-order valence-electron chi connectivity index (χ2n) is 5.48. The highest BCUT2D eigenvalue weighted by Crippen LogP contribution is 2.11. The number of carbonyl (C=O) groups is 3. The van der Waals surface area contributed by atoms with Crippen LogP contribution >= 0.6 is 0 Å². The molecule has 0 aliphatic rings. The topological polar surface area (TPSA) is 87.3 Å². The molecule has 0 saturated heterocycles. The third-order valence-electron chi connectivity index (χ3n) is 3.03. The molecule has 1 atom stereocenters. The van der Waals surface area contributed by atoms with Gasteiger partial charge in [0.25, 0.3) is 0 Å². The second-order valence-corrected chi connectivity index (χ2v) is 5.48. The quantitative estimate of drug-likeness (QED) is 0.743. The highest BCUT2D eigenvalue weighted by Gasteiger charge is 2.13. The van der Waals surface area contributed by atoms with Gasteiger partial charge in [0.05, 0.1) is 0 Å². The highest BCUT2D eigenvalue weighted by molar-refractivity contribution is 5.92. The zero-order valence-corrected chi connectivity index (χ0v) is 13.4. The molecular weight excluding hydrogens is 282 g/mol. The molecule has 0 spiro atoms. The van der Waals surface area contributed by atoms with Crippen LogP contribution in [0.25, 0.3) is 0 Å². The van der Waals surface area contributed by atoms with Gasteiger partial charge in [-0.05, 0) is 24.6 Å². The Balaban J connectivity index is 2.49. The minimum absolute atomic E-state index is 0.0369. The minimum atomic E-state index is -0.567. The maximum atomic E-state index is 11.8. The molecule has 120 valence electrons. The summed E-state index contributed by atoms with van der Waals surface area (Å²) in [6.45, 7) is 7.02. The number of benzene rings is 1.